The van der Waals surface area contributed by atoms with Crippen LogP contribution in [0.5, 0.6) is 0 Å². The van der Waals surface area contributed by atoms with Crippen molar-refractivity contribution in [1.82, 2.24) is 15.3 Å². The standard InChI is InChI=1S/C22H18FN5O2/c23-15-9-10-16(24)19(11-15)28-21(29)14-7-5-13(6-8-14)12-25-22(30)20-26-17-3-1-2-4-18(17)27-20/h1-11H,12,24H2,(H,25,30)(H,26,27)(H,28,29). The summed E-state index contributed by atoms with van der Waals surface area (Å²) in [5, 5.41) is 5.37. The molecule has 4 rings (SSSR count). The SMILES string of the molecule is Nc1ccc(F)cc1NC(=O)c1ccc(CNC(=O)c2nc3ccccc3[nH]2)cc1. The van der Waals surface area contributed by atoms with Gasteiger partial charge in [-0.25, -0.2) is 9.37 Å². The van der Waals surface area contributed by atoms with E-state index in [4.69, 9.17) is 5.73 Å². The highest BCUT2D eigenvalue weighted by Crippen LogP contribution is 2.20. The number of nitrogens with two attached hydrogens (primary N) is 1. The van der Waals surface area contributed by atoms with Gasteiger partial charge in [0.05, 0.1) is 22.4 Å². The second-order valence-electron chi connectivity index (χ2n) is 6.67. The van der Waals surface area contributed by atoms with Gasteiger partial charge in [-0.3, -0.25) is 9.59 Å². The number of carbonyl (C=O) groups is 2. The zero-order valence-corrected chi connectivity index (χ0v) is 15.8. The van der Waals surface area contributed by atoms with Crippen molar-refractivity contribution in [2.45, 2.75) is 6.54 Å². The Morgan fingerprint density at radius 1 is 1.00 bits per heavy atom. The number of aromatic amines is 1. The van der Waals surface area contributed by atoms with Crippen LogP contribution in [0.4, 0.5) is 15.8 Å². The summed E-state index contributed by atoms with van der Waals surface area (Å²) in [5.41, 5.74) is 8.93. The number of hydrogen-bond acceptors (Lipinski definition) is 4. The number of aromatic nitrogens is 2. The Balaban J connectivity index is 1.37. The Bertz CT molecular complexity index is 1200. The Labute approximate surface area is 171 Å². The van der Waals surface area contributed by atoms with Crippen LogP contribution in [-0.4, -0.2) is 21.8 Å². The van der Waals surface area contributed by atoms with Crippen LogP contribution in [0, 0.1) is 5.82 Å². The normalized spacial score (nSPS) is 10.7. The second-order valence-corrected chi connectivity index (χ2v) is 6.67. The lowest BCUT2D eigenvalue weighted by atomic mass is 10.1. The molecule has 0 aliphatic heterocycles. The van der Waals surface area contributed by atoms with E-state index in [-0.39, 0.29) is 29.7 Å². The summed E-state index contributed by atoms with van der Waals surface area (Å²) >= 11 is 0. The summed E-state index contributed by atoms with van der Waals surface area (Å²) in [5.74, 6) is -0.991. The van der Waals surface area contributed by atoms with Gasteiger partial charge < -0.3 is 21.4 Å². The molecule has 4 aromatic rings. The summed E-state index contributed by atoms with van der Waals surface area (Å²) < 4.78 is 13.3. The van der Waals surface area contributed by atoms with Crippen LogP contribution in [0.1, 0.15) is 26.5 Å². The molecule has 7 nitrogen and oxygen atoms in total. The van der Waals surface area contributed by atoms with Crippen LogP contribution in [0.3, 0.4) is 0 Å². The van der Waals surface area contributed by atoms with Gasteiger partial charge in [0.1, 0.15) is 5.82 Å². The third-order valence-electron chi connectivity index (χ3n) is 4.54. The molecule has 0 atom stereocenters. The molecule has 5 N–H and O–H groups in total. The average molecular weight is 403 g/mol. The molecule has 0 aliphatic rings. The number of amides is 2. The maximum absolute atomic E-state index is 13.3. The lowest BCUT2D eigenvalue weighted by Gasteiger charge is -2.09. The molecule has 0 saturated carbocycles. The first-order valence-electron chi connectivity index (χ1n) is 9.18. The van der Waals surface area contributed by atoms with Gasteiger partial charge in [0, 0.05) is 12.1 Å². The van der Waals surface area contributed by atoms with E-state index in [2.05, 4.69) is 20.6 Å². The second kappa shape index (κ2) is 8.04. The van der Waals surface area contributed by atoms with Gasteiger partial charge in [-0.2, -0.15) is 0 Å². The van der Waals surface area contributed by atoms with Gasteiger partial charge in [0.2, 0.25) is 0 Å². The van der Waals surface area contributed by atoms with Crippen molar-refractivity contribution >= 4 is 34.2 Å². The minimum atomic E-state index is -0.491. The van der Waals surface area contributed by atoms with Crippen LogP contribution < -0.4 is 16.4 Å². The first-order chi connectivity index (χ1) is 14.5. The highest BCUT2D eigenvalue weighted by atomic mass is 19.1. The molecular weight excluding hydrogens is 385 g/mol. The zero-order valence-electron chi connectivity index (χ0n) is 15.8. The van der Waals surface area contributed by atoms with E-state index in [1.807, 2.05) is 24.3 Å². The van der Waals surface area contributed by atoms with E-state index in [0.29, 0.717) is 5.56 Å². The van der Waals surface area contributed by atoms with E-state index in [9.17, 15) is 14.0 Å². The van der Waals surface area contributed by atoms with Gasteiger partial charge in [-0.1, -0.05) is 24.3 Å². The number of anilines is 2. The molecule has 150 valence electrons. The third kappa shape index (κ3) is 4.12. The number of para-hydroxylation sites is 2. The first-order valence-corrected chi connectivity index (χ1v) is 9.18. The molecule has 30 heavy (non-hydrogen) atoms. The minimum Gasteiger partial charge on any atom is -0.397 e. The molecule has 0 saturated heterocycles. The maximum Gasteiger partial charge on any atom is 0.287 e. The molecule has 0 unspecified atom stereocenters. The number of carbonyl (C=O) groups excluding carboxylic acids is 2. The van der Waals surface area contributed by atoms with Crippen LogP contribution in [0.25, 0.3) is 11.0 Å². The maximum atomic E-state index is 13.3. The van der Waals surface area contributed by atoms with Crippen molar-refractivity contribution < 1.29 is 14.0 Å². The fraction of sp³-hybridized carbons (Fsp3) is 0.0455. The molecule has 8 heteroatoms. The van der Waals surface area contributed by atoms with Crippen LogP contribution in [0.2, 0.25) is 0 Å². The van der Waals surface area contributed by atoms with Gasteiger partial charge in [0.15, 0.2) is 5.82 Å². The average Bonchev–Trinajstić information content (AvgIpc) is 3.19. The molecule has 2 amide bonds. The number of nitrogen functional groups attached to an aromatic ring is 1. The van der Waals surface area contributed by atoms with Gasteiger partial charge in [-0.05, 0) is 48.0 Å². The number of halogens is 1. The molecule has 0 aliphatic carbocycles. The van der Waals surface area contributed by atoms with Crippen LogP contribution in [-0.2, 0) is 6.54 Å². The summed E-state index contributed by atoms with van der Waals surface area (Å²) in [6.45, 7) is 0.272. The first kappa shape index (κ1) is 19.1. The van der Waals surface area contributed by atoms with Crippen molar-refractivity contribution in [2.75, 3.05) is 11.1 Å². The monoisotopic (exact) mass is 403 g/mol. The Morgan fingerprint density at radius 2 is 1.77 bits per heavy atom. The molecule has 3 aromatic carbocycles. The summed E-state index contributed by atoms with van der Waals surface area (Å²) in [4.78, 5) is 31.9. The molecule has 0 spiro atoms. The quantitative estimate of drug-likeness (QED) is 0.382. The fourth-order valence-electron chi connectivity index (χ4n) is 2.93. The predicted octanol–water partition coefficient (Wildman–Crippen LogP) is 3.47. The molecular formula is C22H18FN5O2. The van der Waals surface area contributed by atoms with Crippen molar-refractivity contribution in [3.8, 4) is 0 Å². The molecule has 1 heterocycles. The highest BCUT2D eigenvalue weighted by molar-refractivity contribution is 6.05. The number of fused-ring (bicyclic) bond motifs is 1. The Kier molecular flexibility index (Phi) is 5.13. The highest BCUT2D eigenvalue weighted by Gasteiger charge is 2.12. The number of hydrogen-bond donors (Lipinski definition) is 4. The lowest BCUT2D eigenvalue weighted by Crippen LogP contribution is -2.24. The minimum absolute atomic E-state index is 0.210. The zero-order chi connectivity index (χ0) is 21.1. The molecule has 1 aromatic heterocycles. The van der Waals surface area contributed by atoms with E-state index in [1.54, 1.807) is 24.3 Å². The number of benzene rings is 3. The third-order valence-corrected chi connectivity index (χ3v) is 4.54. The smallest absolute Gasteiger partial charge is 0.287 e. The van der Waals surface area contributed by atoms with E-state index >= 15 is 0 Å². The molecule has 0 bridgehead atoms. The molecule has 0 fully saturated rings. The van der Waals surface area contributed by atoms with Gasteiger partial charge in [-0.15, -0.1) is 0 Å². The van der Waals surface area contributed by atoms with E-state index in [1.165, 1.54) is 12.1 Å². The number of rotatable bonds is 5. The van der Waals surface area contributed by atoms with Crippen molar-refractivity contribution in [1.29, 1.82) is 0 Å². The topological polar surface area (TPSA) is 113 Å². The van der Waals surface area contributed by atoms with Crippen molar-refractivity contribution in [2.24, 2.45) is 0 Å². The fourth-order valence-corrected chi connectivity index (χ4v) is 2.93. The number of nitrogens with one attached hydrogen (secondary N) is 3. The van der Waals surface area contributed by atoms with Gasteiger partial charge >= 0.3 is 0 Å². The summed E-state index contributed by atoms with van der Waals surface area (Å²) in [6.07, 6.45) is 0. The van der Waals surface area contributed by atoms with Gasteiger partial charge in [0.25, 0.3) is 11.8 Å². The van der Waals surface area contributed by atoms with E-state index in [0.717, 1.165) is 22.7 Å². The number of H-pyrrole nitrogens is 1. The Hall–Kier alpha value is -4.20. The Morgan fingerprint density at radius 3 is 2.53 bits per heavy atom. The molecule has 0 radical (unpaired) electrons. The largest absolute Gasteiger partial charge is 0.397 e. The van der Waals surface area contributed by atoms with Crippen molar-refractivity contribution in [3.05, 3.63) is 89.5 Å². The number of imidazole rings is 1. The summed E-state index contributed by atoms with van der Waals surface area (Å²) in [7, 11) is 0. The summed E-state index contributed by atoms with van der Waals surface area (Å²) in [6, 6.07) is 17.8. The number of nitrogens with zero attached hydrogens (tertiary/aromatic N) is 1. The lowest BCUT2D eigenvalue weighted by molar-refractivity contribution is 0.0941. The van der Waals surface area contributed by atoms with Crippen molar-refractivity contribution in [3.63, 3.8) is 0 Å². The van der Waals surface area contributed by atoms with Crippen LogP contribution >= 0.6 is 0 Å². The predicted molar refractivity (Wildman–Crippen MR) is 112 cm³/mol. The van der Waals surface area contributed by atoms with Crippen LogP contribution in [0.15, 0.2) is 66.7 Å². The van der Waals surface area contributed by atoms with E-state index < -0.39 is 11.7 Å².